The van der Waals surface area contributed by atoms with E-state index in [-0.39, 0.29) is 5.92 Å². The van der Waals surface area contributed by atoms with Gasteiger partial charge < -0.3 is 20.3 Å². The van der Waals surface area contributed by atoms with Crippen LogP contribution in [-0.2, 0) is 4.74 Å². The molecule has 0 radical (unpaired) electrons. The number of rotatable bonds is 14. The van der Waals surface area contributed by atoms with Crippen LogP contribution in [0.5, 0.6) is 0 Å². The molecule has 1 rings (SSSR count). The minimum Gasteiger partial charge on any atom is -0.444 e. The molecule has 3 atom stereocenters. The number of nitrogens with one attached hydrogen (secondary N) is 1. The van der Waals surface area contributed by atoms with Gasteiger partial charge in [-0.2, -0.15) is 0 Å². The summed E-state index contributed by atoms with van der Waals surface area (Å²) in [7, 11) is 0. The summed E-state index contributed by atoms with van der Waals surface area (Å²) in [6, 6.07) is -0.491. The van der Waals surface area contributed by atoms with Gasteiger partial charge in [-0.15, -0.1) is 0 Å². The SMILES string of the molecule is CC(C)C[C@H](O)[C@H](O)[C@H](CCCCCCCCC1CCCCC1)NC(=O)OC(C)(C)C. The summed E-state index contributed by atoms with van der Waals surface area (Å²) >= 11 is 0. The third-order valence-corrected chi connectivity index (χ3v) is 6.32. The molecule has 0 unspecified atom stereocenters. The third-order valence-electron chi connectivity index (χ3n) is 6.32. The normalized spacial score (nSPS) is 18.6. The second kappa shape index (κ2) is 15.1. The van der Waals surface area contributed by atoms with E-state index in [0.29, 0.717) is 12.8 Å². The zero-order valence-corrected chi connectivity index (χ0v) is 21.0. The highest BCUT2D eigenvalue weighted by Crippen LogP contribution is 2.28. The topological polar surface area (TPSA) is 78.8 Å². The highest BCUT2D eigenvalue weighted by molar-refractivity contribution is 5.68. The fraction of sp³-hybridized carbons (Fsp3) is 0.962. The molecule has 0 bridgehead atoms. The summed E-state index contributed by atoms with van der Waals surface area (Å²) in [5.74, 6) is 1.26. The molecule has 1 aliphatic rings. The van der Waals surface area contributed by atoms with E-state index in [9.17, 15) is 15.0 Å². The van der Waals surface area contributed by atoms with E-state index in [0.717, 1.165) is 18.8 Å². The van der Waals surface area contributed by atoms with Gasteiger partial charge in [-0.25, -0.2) is 4.79 Å². The van der Waals surface area contributed by atoms with Gasteiger partial charge in [0.15, 0.2) is 0 Å². The summed E-state index contributed by atoms with van der Waals surface area (Å²) in [6.07, 6.45) is 14.5. The van der Waals surface area contributed by atoms with Gasteiger partial charge in [-0.05, 0) is 45.4 Å². The number of carbonyl (C=O) groups excluding carboxylic acids is 1. The number of amides is 1. The zero-order valence-electron chi connectivity index (χ0n) is 21.0. The van der Waals surface area contributed by atoms with Crippen LogP contribution in [0.3, 0.4) is 0 Å². The summed E-state index contributed by atoms with van der Waals surface area (Å²) < 4.78 is 5.36. The van der Waals surface area contributed by atoms with Crippen molar-refractivity contribution in [2.45, 2.75) is 148 Å². The lowest BCUT2D eigenvalue weighted by Gasteiger charge is -2.30. The monoisotopic (exact) mass is 441 g/mol. The van der Waals surface area contributed by atoms with E-state index in [1.54, 1.807) is 0 Å². The first-order valence-corrected chi connectivity index (χ1v) is 12.9. The summed E-state index contributed by atoms with van der Waals surface area (Å²) in [4.78, 5) is 12.2. The lowest BCUT2D eigenvalue weighted by Crippen LogP contribution is -2.50. The van der Waals surface area contributed by atoms with Gasteiger partial charge in [-0.3, -0.25) is 0 Å². The van der Waals surface area contributed by atoms with Crippen LogP contribution in [0.1, 0.15) is 125 Å². The van der Waals surface area contributed by atoms with Crippen molar-refractivity contribution in [2.75, 3.05) is 0 Å². The van der Waals surface area contributed by atoms with E-state index in [1.807, 2.05) is 34.6 Å². The van der Waals surface area contributed by atoms with E-state index in [4.69, 9.17) is 4.74 Å². The maximum absolute atomic E-state index is 12.2. The van der Waals surface area contributed by atoms with Gasteiger partial charge in [-0.1, -0.05) is 90.9 Å². The van der Waals surface area contributed by atoms with Crippen molar-refractivity contribution in [3.63, 3.8) is 0 Å². The Morgan fingerprint density at radius 2 is 1.55 bits per heavy atom. The highest BCUT2D eigenvalue weighted by Gasteiger charge is 2.29. The number of unbranched alkanes of at least 4 members (excludes halogenated alkanes) is 5. The van der Waals surface area contributed by atoms with Crippen LogP contribution in [0.2, 0.25) is 0 Å². The van der Waals surface area contributed by atoms with E-state index >= 15 is 0 Å². The van der Waals surface area contributed by atoms with Crippen LogP contribution in [0.25, 0.3) is 0 Å². The van der Waals surface area contributed by atoms with Crippen LogP contribution in [0.15, 0.2) is 0 Å². The minimum absolute atomic E-state index is 0.278. The molecule has 31 heavy (non-hydrogen) atoms. The number of hydrogen-bond donors (Lipinski definition) is 3. The average Bonchev–Trinajstić information content (AvgIpc) is 2.67. The standard InChI is InChI=1S/C26H51NO4/c1-20(2)19-23(28)24(29)22(27-25(30)31-26(3,4)5)18-14-9-7-6-8-11-15-21-16-12-10-13-17-21/h20-24,28-29H,6-19H2,1-5H3,(H,27,30)/t22-,23-,24+/m0/s1. The molecule has 184 valence electrons. The number of aliphatic hydroxyl groups is 2. The maximum atomic E-state index is 12.2. The molecular formula is C26H51NO4. The molecule has 1 fully saturated rings. The molecule has 5 heteroatoms. The lowest BCUT2D eigenvalue weighted by molar-refractivity contribution is -0.0198. The summed E-state index contributed by atoms with van der Waals surface area (Å²) in [5.41, 5.74) is -0.590. The molecule has 0 heterocycles. The van der Waals surface area contributed by atoms with E-state index in [2.05, 4.69) is 5.32 Å². The first-order chi connectivity index (χ1) is 14.6. The molecular weight excluding hydrogens is 390 g/mol. The Balaban J connectivity index is 2.32. The van der Waals surface area contributed by atoms with Crippen LogP contribution in [-0.4, -0.2) is 40.2 Å². The zero-order chi connectivity index (χ0) is 23.3. The fourth-order valence-corrected chi connectivity index (χ4v) is 4.66. The van der Waals surface area contributed by atoms with E-state index < -0.39 is 29.9 Å². The second-order valence-electron chi connectivity index (χ2n) is 11.1. The number of ether oxygens (including phenoxy) is 1. The number of carbonyl (C=O) groups is 1. The van der Waals surface area contributed by atoms with E-state index in [1.165, 1.54) is 64.2 Å². The van der Waals surface area contributed by atoms with Crippen molar-refractivity contribution in [3.05, 3.63) is 0 Å². The molecule has 0 aromatic heterocycles. The molecule has 0 aromatic carbocycles. The van der Waals surface area contributed by atoms with Crippen molar-refractivity contribution < 1.29 is 19.7 Å². The third kappa shape index (κ3) is 14.1. The highest BCUT2D eigenvalue weighted by atomic mass is 16.6. The summed E-state index contributed by atoms with van der Waals surface area (Å²) in [6.45, 7) is 9.49. The first kappa shape index (κ1) is 28.2. The van der Waals surface area contributed by atoms with Crippen molar-refractivity contribution in [1.82, 2.24) is 5.32 Å². The fourth-order valence-electron chi connectivity index (χ4n) is 4.66. The van der Waals surface area contributed by atoms with Gasteiger partial charge in [0, 0.05) is 0 Å². The Bertz CT molecular complexity index is 469. The molecule has 1 amide bonds. The van der Waals surface area contributed by atoms with Gasteiger partial charge in [0.05, 0.1) is 12.1 Å². The Labute approximate surface area is 191 Å². The summed E-state index contributed by atoms with van der Waals surface area (Å²) in [5, 5.41) is 23.8. The van der Waals surface area contributed by atoms with Crippen LogP contribution in [0.4, 0.5) is 4.79 Å². The van der Waals surface area contributed by atoms with Crippen molar-refractivity contribution in [2.24, 2.45) is 11.8 Å². The van der Waals surface area contributed by atoms with Crippen LogP contribution >= 0.6 is 0 Å². The predicted octanol–water partition coefficient (Wildman–Crippen LogP) is 6.35. The molecule has 3 N–H and O–H groups in total. The van der Waals surface area contributed by atoms with Crippen LogP contribution in [0, 0.1) is 11.8 Å². The molecule has 0 saturated heterocycles. The molecule has 0 spiro atoms. The largest absolute Gasteiger partial charge is 0.444 e. The molecule has 0 aromatic rings. The Morgan fingerprint density at radius 3 is 2.13 bits per heavy atom. The molecule has 1 saturated carbocycles. The number of aliphatic hydroxyl groups excluding tert-OH is 2. The lowest BCUT2D eigenvalue weighted by atomic mass is 9.85. The quantitative estimate of drug-likeness (QED) is 0.274. The van der Waals surface area contributed by atoms with Gasteiger partial charge in [0.1, 0.15) is 11.7 Å². The first-order valence-electron chi connectivity index (χ1n) is 12.9. The average molecular weight is 442 g/mol. The number of hydrogen-bond acceptors (Lipinski definition) is 4. The Morgan fingerprint density at radius 1 is 0.968 bits per heavy atom. The van der Waals surface area contributed by atoms with Crippen molar-refractivity contribution in [3.8, 4) is 0 Å². The molecule has 5 nitrogen and oxygen atoms in total. The van der Waals surface area contributed by atoms with Gasteiger partial charge >= 0.3 is 6.09 Å². The van der Waals surface area contributed by atoms with Crippen molar-refractivity contribution >= 4 is 6.09 Å². The molecule has 1 aliphatic carbocycles. The van der Waals surface area contributed by atoms with Crippen LogP contribution < -0.4 is 5.32 Å². The maximum Gasteiger partial charge on any atom is 0.407 e. The second-order valence-corrected chi connectivity index (χ2v) is 11.1. The Kier molecular flexibility index (Phi) is 13.8. The van der Waals surface area contributed by atoms with Crippen molar-refractivity contribution in [1.29, 1.82) is 0 Å². The minimum atomic E-state index is -0.981. The number of alkyl carbamates (subject to hydrolysis) is 1. The molecule has 0 aliphatic heterocycles. The smallest absolute Gasteiger partial charge is 0.407 e. The Hall–Kier alpha value is -0.810. The van der Waals surface area contributed by atoms with Gasteiger partial charge in [0.2, 0.25) is 0 Å². The predicted molar refractivity (Wildman–Crippen MR) is 128 cm³/mol. The van der Waals surface area contributed by atoms with Gasteiger partial charge in [0.25, 0.3) is 0 Å².